The maximum atomic E-state index is 5.43. The van der Waals surface area contributed by atoms with Crippen LogP contribution in [0.2, 0.25) is 0 Å². The van der Waals surface area contributed by atoms with Crippen LogP contribution in [0.15, 0.2) is 0 Å². The molecule has 0 radical (unpaired) electrons. The predicted octanol–water partition coefficient (Wildman–Crippen LogP) is -1.42. The van der Waals surface area contributed by atoms with Crippen molar-refractivity contribution < 1.29 is 4.81 Å². The Morgan fingerprint density at radius 2 is 1.57 bits per heavy atom. The monoisotopic (exact) mass is 105 g/mol. The molecule has 7 heavy (non-hydrogen) atoms. The van der Waals surface area contributed by atoms with Crippen molar-refractivity contribution in [1.82, 2.24) is 10.9 Å². The average Bonchev–Trinajstić information content (AvgIpc) is 1.68. The molecule has 4 nitrogen and oxygen atoms in total. The van der Waals surface area contributed by atoms with Gasteiger partial charge in [0.1, 0.15) is 7.05 Å². The fourth-order valence-electron chi connectivity index (χ4n) is 0.112. The molecule has 0 saturated heterocycles. The van der Waals surface area contributed by atoms with Crippen molar-refractivity contribution in [3.8, 4) is 0 Å². The number of rotatable bonds is 2. The molecule has 0 aromatic rings. The minimum atomic E-state index is 0.139. The van der Waals surface area contributed by atoms with E-state index in [9.17, 15) is 0 Å². The SMILES string of the molecule is CN[N+](C)(N)NC. The molecule has 4 heteroatoms. The second-order valence-corrected chi connectivity index (χ2v) is 1.52. The predicted molar refractivity (Wildman–Crippen MR) is 28.5 cm³/mol. The quantitative estimate of drug-likeness (QED) is 0.229. The van der Waals surface area contributed by atoms with Gasteiger partial charge in [0.15, 0.2) is 0 Å². The number of nitrogens with zero attached hydrogens (tertiary/aromatic N) is 1. The highest BCUT2D eigenvalue weighted by Gasteiger charge is 2.06. The zero-order chi connectivity index (χ0) is 5.91. The van der Waals surface area contributed by atoms with Crippen molar-refractivity contribution in [1.29, 1.82) is 0 Å². The molecule has 0 aliphatic rings. The minimum absolute atomic E-state index is 0.139. The Hall–Kier alpha value is -0.160. The second-order valence-electron chi connectivity index (χ2n) is 1.52. The largest absolute Gasteiger partial charge is 0.141 e. The van der Waals surface area contributed by atoms with E-state index in [1.807, 2.05) is 0 Å². The Kier molecular flexibility index (Phi) is 2.17. The molecule has 0 aromatic carbocycles. The summed E-state index contributed by atoms with van der Waals surface area (Å²) in [6, 6.07) is 0. The van der Waals surface area contributed by atoms with E-state index in [2.05, 4.69) is 10.9 Å². The second kappa shape index (κ2) is 2.23. The summed E-state index contributed by atoms with van der Waals surface area (Å²) < 4.78 is 0. The van der Waals surface area contributed by atoms with Gasteiger partial charge in [-0.2, -0.15) is 0 Å². The lowest BCUT2D eigenvalue weighted by Crippen LogP contribution is -2.66. The molecule has 0 amide bonds. The Balaban J connectivity index is 3.36. The summed E-state index contributed by atoms with van der Waals surface area (Å²) in [5, 5.41) is 0. The van der Waals surface area contributed by atoms with Crippen LogP contribution in [-0.4, -0.2) is 26.0 Å². The summed E-state index contributed by atoms with van der Waals surface area (Å²) in [5.41, 5.74) is 5.59. The van der Waals surface area contributed by atoms with Crippen LogP contribution in [0.25, 0.3) is 0 Å². The van der Waals surface area contributed by atoms with Crippen LogP contribution in [0.3, 0.4) is 0 Å². The maximum Gasteiger partial charge on any atom is 0.124 e. The van der Waals surface area contributed by atoms with Crippen LogP contribution in [0.5, 0.6) is 0 Å². The molecular formula is C3H13N4+. The maximum absolute atomic E-state index is 5.43. The lowest BCUT2D eigenvalue weighted by molar-refractivity contribution is -1.000. The van der Waals surface area contributed by atoms with Gasteiger partial charge in [-0.05, 0) is 0 Å². The first-order valence-corrected chi connectivity index (χ1v) is 2.15. The van der Waals surface area contributed by atoms with Gasteiger partial charge in [0.25, 0.3) is 0 Å². The molecule has 4 N–H and O–H groups in total. The summed E-state index contributed by atoms with van der Waals surface area (Å²) in [7, 11) is 5.34. The Morgan fingerprint density at radius 3 is 1.57 bits per heavy atom. The zero-order valence-corrected chi connectivity index (χ0v) is 5.02. The van der Waals surface area contributed by atoms with Gasteiger partial charge in [-0.1, -0.05) is 0 Å². The van der Waals surface area contributed by atoms with Gasteiger partial charge in [-0.15, -0.1) is 21.5 Å². The van der Waals surface area contributed by atoms with Crippen LogP contribution in [-0.2, 0) is 0 Å². The van der Waals surface area contributed by atoms with Crippen molar-refractivity contribution in [2.24, 2.45) is 5.84 Å². The van der Waals surface area contributed by atoms with Crippen LogP contribution >= 0.6 is 0 Å². The van der Waals surface area contributed by atoms with Crippen LogP contribution < -0.4 is 16.7 Å². The first-order valence-electron chi connectivity index (χ1n) is 2.15. The Morgan fingerprint density at radius 1 is 1.29 bits per heavy atom. The summed E-state index contributed by atoms with van der Waals surface area (Å²) >= 11 is 0. The van der Waals surface area contributed by atoms with E-state index in [4.69, 9.17) is 5.84 Å². The molecule has 0 fully saturated rings. The van der Waals surface area contributed by atoms with E-state index in [1.165, 1.54) is 0 Å². The summed E-state index contributed by atoms with van der Waals surface area (Å²) in [4.78, 5) is 0.139. The molecule has 0 aliphatic carbocycles. The van der Waals surface area contributed by atoms with E-state index in [-0.39, 0.29) is 4.81 Å². The van der Waals surface area contributed by atoms with Gasteiger partial charge in [-0.25, -0.2) is 0 Å². The van der Waals surface area contributed by atoms with Crippen molar-refractivity contribution in [2.45, 2.75) is 0 Å². The number of hydrogen-bond donors (Lipinski definition) is 3. The lowest BCUT2D eigenvalue weighted by Gasteiger charge is -2.22. The van der Waals surface area contributed by atoms with Gasteiger partial charge in [-0.3, -0.25) is 0 Å². The van der Waals surface area contributed by atoms with Crippen LogP contribution in [0.4, 0.5) is 0 Å². The van der Waals surface area contributed by atoms with E-state index >= 15 is 0 Å². The highest BCUT2D eigenvalue weighted by molar-refractivity contribution is 3.93. The standard InChI is InChI=1S/C3H13N4/c1-5-7(3,4)6-2/h5-6H,4H2,1-3H3/q+1. The van der Waals surface area contributed by atoms with Gasteiger partial charge in [0.2, 0.25) is 0 Å². The van der Waals surface area contributed by atoms with E-state index in [1.54, 1.807) is 21.1 Å². The highest BCUT2D eigenvalue weighted by atomic mass is 16.0. The van der Waals surface area contributed by atoms with Gasteiger partial charge in [0, 0.05) is 14.1 Å². The van der Waals surface area contributed by atoms with Gasteiger partial charge in [0.05, 0.1) is 0 Å². The molecule has 0 spiro atoms. The molecule has 0 unspecified atom stereocenters. The molecule has 0 bridgehead atoms. The fourth-order valence-corrected chi connectivity index (χ4v) is 0.112. The van der Waals surface area contributed by atoms with Crippen LogP contribution in [0.1, 0.15) is 0 Å². The van der Waals surface area contributed by atoms with Gasteiger partial charge >= 0.3 is 0 Å². The molecule has 0 saturated carbocycles. The van der Waals surface area contributed by atoms with Crippen LogP contribution in [0, 0.1) is 0 Å². The van der Waals surface area contributed by atoms with E-state index < -0.39 is 0 Å². The van der Waals surface area contributed by atoms with Crippen molar-refractivity contribution in [2.75, 3.05) is 21.1 Å². The number of hydrogen-bond acceptors (Lipinski definition) is 3. The normalized spacial score (nSPS) is 12.0. The molecule has 0 rings (SSSR count). The molecule has 0 atom stereocenters. The number of quaternary nitrogens is 1. The molecule has 0 aromatic heterocycles. The molecule has 44 valence electrons. The third kappa shape index (κ3) is 2.52. The van der Waals surface area contributed by atoms with Crippen molar-refractivity contribution in [3.05, 3.63) is 0 Å². The molecule has 0 heterocycles. The first kappa shape index (κ1) is 6.84. The Labute approximate surface area is 43.8 Å². The smallest absolute Gasteiger partial charge is 0.124 e. The average molecular weight is 105 g/mol. The number of nitrogens with one attached hydrogen (secondary N) is 2. The third-order valence-electron chi connectivity index (χ3n) is 0.929. The number of nitrogens with two attached hydrogens (primary N) is 1. The topological polar surface area (TPSA) is 50.1 Å². The molecular weight excluding hydrogens is 92.1 g/mol. The summed E-state index contributed by atoms with van der Waals surface area (Å²) in [5.74, 6) is 5.43. The van der Waals surface area contributed by atoms with E-state index in [0.29, 0.717) is 0 Å². The molecule has 0 aliphatic heterocycles. The minimum Gasteiger partial charge on any atom is -0.141 e. The fraction of sp³-hybridized carbons (Fsp3) is 1.00. The third-order valence-corrected chi connectivity index (χ3v) is 0.929. The van der Waals surface area contributed by atoms with Crippen molar-refractivity contribution in [3.63, 3.8) is 0 Å². The van der Waals surface area contributed by atoms with E-state index in [0.717, 1.165) is 0 Å². The Bertz CT molecular complexity index is 44.9. The van der Waals surface area contributed by atoms with Gasteiger partial charge < -0.3 is 0 Å². The zero-order valence-electron chi connectivity index (χ0n) is 5.02. The first-order chi connectivity index (χ1) is 3.12. The van der Waals surface area contributed by atoms with Crippen molar-refractivity contribution >= 4 is 0 Å². The summed E-state index contributed by atoms with van der Waals surface area (Å²) in [6.07, 6.45) is 0. The summed E-state index contributed by atoms with van der Waals surface area (Å²) in [6.45, 7) is 0. The highest BCUT2D eigenvalue weighted by Crippen LogP contribution is 1.66. The lowest BCUT2D eigenvalue weighted by atomic mass is 11.2.